The molecule has 21 heavy (non-hydrogen) atoms. The van der Waals surface area contributed by atoms with Crippen molar-refractivity contribution >= 4 is 22.5 Å². The third kappa shape index (κ3) is 2.67. The predicted octanol–water partition coefficient (Wildman–Crippen LogP) is 4.34. The van der Waals surface area contributed by atoms with Gasteiger partial charge in [0.25, 0.3) is 0 Å². The molecule has 0 saturated heterocycles. The van der Waals surface area contributed by atoms with E-state index in [4.69, 9.17) is 16.3 Å². The Morgan fingerprint density at radius 2 is 2.00 bits per heavy atom. The molecule has 1 aromatic carbocycles. The maximum atomic E-state index is 6.09. The molecule has 106 valence electrons. The summed E-state index contributed by atoms with van der Waals surface area (Å²) in [5.41, 5.74) is 2.55. The molecule has 0 atom stereocenters. The highest BCUT2D eigenvalue weighted by atomic mass is 35.5. The van der Waals surface area contributed by atoms with E-state index in [-0.39, 0.29) is 0 Å². The summed E-state index contributed by atoms with van der Waals surface area (Å²) in [5.74, 6) is 1.15. The van der Waals surface area contributed by atoms with Crippen LogP contribution in [0.5, 0.6) is 11.6 Å². The standard InChI is InChI=1S/C16H14ClN3O/c1-3-12-15(17)18-9-19-16(12)21-13-6-4-5-11-8-7-10(2)20-14(11)13/h4-9H,3H2,1-2H3. The van der Waals surface area contributed by atoms with Crippen LogP contribution in [0.3, 0.4) is 0 Å². The highest BCUT2D eigenvalue weighted by Gasteiger charge is 2.12. The predicted molar refractivity (Wildman–Crippen MR) is 83.0 cm³/mol. The normalized spacial score (nSPS) is 10.8. The maximum absolute atomic E-state index is 6.09. The van der Waals surface area contributed by atoms with Crippen molar-refractivity contribution in [2.75, 3.05) is 0 Å². The van der Waals surface area contributed by atoms with Crippen molar-refractivity contribution in [3.8, 4) is 11.6 Å². The van der Waals surface area contributed by atoms with Crippen molar-refractivity contribution < 1.29 is 4.74 Å². The van der Waals surface area contributed by atoms with Gasteiger partial charge in [0.2, 0.25) is 5.88 Å². The zero-order valence-corrected chi connectivity index (χ0v) is 12.6. The van der Waals surface area contributed by atoms with Gasteiger partial charge in [-0.05, 0) is 25.5 Å². The monoisotopic (exact) mass is 299 g/mol. The first kappa shape index (κ1) is 13.8. The quantitative estimate of drug-likeness (QED) is 0.675. The molecule has 0 fully saturated rings. The van der Waals surface area contributed by atoms with Crippen molar-refractivity contribution in [2.24, 2.45) is 0 Å². The Morgan fingerprint density at radius 1 is 1.14 bits per heavy atom. The van der Waals surface area contributed by atoms with Crippen molar-refractivity contribution in [3.05, 3.63) is 53.1 Å². The molecule has 0 aliphatic heterocycles. The Kier molecular flexibility index (Phi) is 3.71. The average Bonchev–Trinajstić information content (AvgIpc) is 2.48. The highest BCUT2D eigenvalue weighted by Crippen LogP contribution is 2.31. The molecule has 0 spiro atoms. The molecule has 0 aliphatic carbocycles. The van der Waals surface area contributed by atoms with E-state index in [0.717, 1.165) is 22.2 Å². The van der Waals surface area contributed by atoms with E-state index in [2.05, 4.69) is 15.0 Å². The lowest BCUT2D eigenvalue weighted by atomic mass is 10.2. The molecule has 2 heterocycles. The van der Waals surface area contributed by atoms with Gasteiger partial charge in [-0.15, -0.1) is 0 Å². The van der Waals surface area contributed by atoms with Crippen LogP contribution in [0.2, 0.25) is 5.15 Å². The van der Waals surface area contributed by atoms with Crippen LogP contribution < -0.4 is 4.74 Å². The van der Waals surface area contributed by atoms with E-state index in [1.165, 1.54) is 6.33 Å². The van der Waals surface area contributed by atoms with Crippen LogP contribution >= 0.6 is 11.6 Å². The second kappa shape index (κ2) is 5.66. The molecule has 0 unspecified atom stereocenters. The SMILES string of the molecule is CCc1c(Cl)ncnc1Oc1cccc2ccc(C)nc12. The second-order valence-corrected chi connectivity index (χ2v) is 5.04. The highest BCUT2D eigenvalue weighted by molar-refractivity contribution is 6.30. The van der Waals surface area contributed by atoms with Gasteiger partial charge in [-0.1, -0.05) is 36.7 Å². The summed E-state index contributed by atoms with van der Waals surface area (Å²) < 4.78 is 5.95. The van der Waals surface area contributed by atoms with Crippen LogP contribution in [0.4, 0.5) is 0 Å². The number of pyridine rings is 1. The number of para-hydroxylation sites is 1. The third-order valence-electron chi connectivity index (χ3n) is 3.24. The fourth-order valence-electron chi connectivity index (χ4n) is 2.17. The number of nitrogens with zero attached hydrogens (tertiary/aromatic N) is 3. The van der Waals surface area contributed by atoms with Crippen LogP contribution in [0.1, 0.15) is 18.2 Å². The third-order valence-corrected chi connectivity index (χ3v) is 3.56. The molecule has 0 N–H and O–H groups in total. The Labute approximate surface area is 127 Å². The van der Waals surface area contributed by atoms with Gasteiger partial charge in [0.05, 0.1) is 5.56 Å². The summed E-state index contributed by atoms with van der Waals surface area (Å²) in [6.45, 7) is 3.94. The smallest absolute Gasteiger partial charge is 0.227 e. The maximum Gasteiger partial charge on any atom is 0.227 e. The summed E-state index contributed by atoms with van der Waals surface area (Å²) >= 11 is 6.09. The van der Waals surface area contributed by atoms with Gasteiger partial charge in [0, 0.05) is 11.1 Å². The molecule has 2 aromatic heterocycles. The summed E-state index contributed by atoms with van der Waals surface area (Å²) in [7, 11) is 0. The molecule has 0 saturated carbocycles. The van der Waals surface area contributed by atoms with Gasteiger partial charge in [-0.2, -0.15) is 0 Å². The number of halogens is 1. The summed E-state index contributed by atoms with van der Waals surface area (Å²) in [6.07, 6.45) is 2.10. The number of rotatable bonds is 3. The lowest BCUT2D eigenvalue weighted by Crippen LogP contribution is -1.98. The Hall–Kier alpha value is -2.20. The van der Waals surface area contributed by atoms with E-state index >= 15 is 0 Å². The molecular formula is C16H14ClN3O. The second-order valence-electron chi connectivity index (χ2n) is 4.68. The van der Waals surface area contributed by atoms with E-state index in [1.807, 2.05) is 44.2 Å². The minimum absolute atomic E-state index is 0.423. The molecule has 4 nitrogen and oxygen atoms in total. The van der Waals surface area contributed by atoms with Gasteiger partial charge in [-0.3, -0.25) is 0 Å². The van der Waals surface area contributed by atoms with Crippen LogP contribution in [-0.2, 0) is 6.42 Å². The molecule has 0 aliphatic rings. The Morgan fingerprint density at radius 3 is 2.81 bits per heavy atom. The van der Waals surface area contributed by atoms with Crippen LogP contribution in [0, 0.1) is 6.92 Å². The summed E-state index contributed by atoms with van der Waals surface area (Å²) in [5, 5.41) is 1.45. The molecule has 5 heteroatoms. The first-order valence-electron chi connectivity index (χ1n) is 6.72. The zero-order chi connectivity index (χ0) is 14.8. The van der Waals surface area contributed by atoms with E-state index < -0.39 is 0 Å². The summed E-state index contributed by atoms with van der Waals surface area (Å²) in [4.78, 5) is 12.7. The molecule has 0 radical (unpaired) electrons. The van der Waals surface area contributed by atoms with Crippen LogP contribution in [0.15, 0.2) is 36.7 Å². The molecule has 3 rings (SSSR count). The Bertz CT molecular complexity index is 805. The van der Waals surface area contributed by atoms with Crippen LogP contribution in [0.25, 0.3) is 10.9 Å². The van der Waals surface area contributed by atoms with Gasteiger partial charge in [-0.25, -0.2) is 15.0 Å². The zero-order valence-electron chi connectivity index (χ0n) is 11.8. The molecule has 0 bridgehead atoms. The number of hydrogen-bond donors (Lipinski definition) is 0. The minimum atomic E-state index is 0.423. The van der Waals surface area contributed by atoms with Crippen LogP contribution in [-0.4, -0.2) is 15.0 Å². The number of hydrogen-bond acceptors (Lipinski definition) is 4. The first-order chi connectivity index (χ1) is 10.2. The van der Waals surface area contributed by atoms with Gasteiger partial charge >= 0.3 is 0 Å². The fraction of sp³-hybridized carbons (Fsp3) is 0.188. The number of aryl methyl sites for hydroxylation is 1. The molecule has 0 amide bonds. The lowest BCUT2D eigenvalue weighted by Gasteiger charge is -2.11. The van der Waals surface area contributed by atoms with Crippen molar-refractivity contribution in [3.63, 3.8) is 0 Å². The fourth-order valence-corrected chi connectivity index (χ4v) is 2.42. The molecular weight excluding hydrogens is 286 g/mol. The topological polar surface area (TPSA) is 47.9 Å². The Balaban J connectivity index is 2.10. The lowest BCUT2D eigenvalue weighted by molar-refractivity contribution is 0.459. The number of benzene rings is 1. The first-order valence-corrected chi connectivity index (χ1v) is 7.10. The van der Waals surface area contributed by atoms with Gasteiger partial charge < -0.3 is 4.74 Å². The van der Waals surface area contributed by atoms with Crippen molar-refractivity contribution in [2.45, 2.75) is 20.3 Å². The minimum Gasteiger partial charge on any atom is -0.436 e. The number of aromatic nitrogens is 3. The average molecular weight is 300 g/mol. The summed E-state index contributed by atoms with van der Waals surface area (Å²) in [6, 6.07) is 9.82. The van der Waals surface area contributed by atoms with Crippen molar-refractivity contribution in [1.82, 2.24) is 15.0 Å². The molecule has 3 aromatic rings. The van der Waals surface area contributed by atoms with Gasteiger partial charge in [0.1, 0.15) is 17.0 Å². The van der Waals surface area contributed by atoms with E-state index in [1.54, 1.807) is 0 Å². The van der Waals surface area contributed by atoms with E-state index in [0.29, 0.717) is 23.2 Å². The van der Waals surface area contributed by atoms with E-state index in [9.17, 15) is 0 Å². The largest absolute Gasteiger partial charge is 0.436 e. The van der Waals surface area contributed by atoms with Crippen molar-refractivity contribution in [1.29, 1.82) is 0 Å². The van der Waals surface area contributed by atoms with Gasteiger partial charge in [0.15, 0.2) is 5.75 Å². The number of ether oxygens (including phenoxy) is 1. The number of fused-ring (bicyclic) bond motifs is 1.